The summed E-state index contributed by atoms with van der Waals surface area (Å²) >= 11 is 0. The summed E-state index contributed by atoms with van der Waals surface area (Å²) < 4.78 is 27.0. The van der Waals surface area contributed by atoms with E-state index >= 15 is 0 Å². The van der Waals surface area contributed by atoms with Crippen LogP contribution in [0.15, 0.2) is 42.6 Å². The molecule has 1 fully saturated rings. The van der Waals surface area contributed by atoms with E-state index in [1.165, 1.54) is 12.1 Å². The highest BCUT2D eigenvalue weighted by Gasteiger charge is 2.29. The van der Waals surface area contributed by atoms with E-state index in [0.717, 1.165) is 6.07 Å². The first kappa shape index (κ1) is 17.2. The van der Waals surface area contributed by atoms with Gasteiger partial charge >= 0.3 is 0 Å². The van der Waals surface area contributed by atoms with Crippen molar-refractivity contribution >= 4 is 11.7 Å². The van der Waals surface area contributed by atoms with Gasteiger partial charge in [0.25, 0.3) is 0 Å². The number of Topliss-reactive ketones (excluding diaryl/α,β-unsaturated/α-hetero) is 1. The Balaban J connectivity index is 1.67. The van der Waals surface area contributed by atoms with Gasteiger partial charge in [-0.1, -0.05) is 18.2 Å². The monoisotopic (exact) mass is 344 g/mol. The van der Waals surface area contributed by atoms with Gasteiger partial charge in [-0.25, -0.2) is 8.78 Å². The second-order valence-corrected chi connectivity index (χ2v) is 6.15. The number of rotatable bonds is 4. The van der Waals surface area contributed by atoms with Crippen molar-refractivity contribution in [1.82, 2.24) is 9.88 Å². The quantitative estimate of drug-likeness (QED) is 0.801. The van der Waals surface area contributed by atoms with Crippen molar-refractivity contribution in [2.45, 2.75) is 19.3 Å². The van der Waals surface area contributed by atoms with E-state index in [1.807, 2.05) is 0 Å². The molecule has 3 rings (SSSR count). The fourth-order valence-electron chi connectivity index (χ4n) is 3.10. The van der Waals surface area contributed by atoms with Crippen LogP contribution < -0.4 is 0 Å². The van der Waals surface area contributed by atoms with Crippen LogP contribution in [0.1, 0.15) is 28.9 Å². The van der Waals surface area contributed by atoms with E-state index in [1.54, 1.807) is 29.3 Å². The molecule has 2 heterocycles. The van der Waals surface area contributed by atoms with E-state index in [-0.39, 0.29) is 36.1 Å². The Hall–Kier alpha value is -2.63. The molecule has 0 saturated carbocycles. The summed E-state index contributed by atoms with van der Waals surface area (Å²) in [6.07, 6.45) is 2.73. The van der Waals surface area contributed by atoms with Crippen LogP contribution in [0.4, 0.5) is 8.78 Å². The molecule has 1 saturated heterocycles. The third-order valence-corrected chi connectivity index (χ3v) is 4.44. The third kappa shape index (κ3) is 3.90. The molecule has 1 amide bonds. The number of piperidine rings is 1. The lowest BCUT2D eigenvalue weighted by Crippen LogP contribution is -2.43. The minimum absolute atomic E-state index is 0.0307. The predicted octanol–water partition coefficient (Wildman–Crippen LogP) is 3.02. The average molecular weight is 344 g/mol. The summed E-state index contributed by atoms with van der Waals surface area (Å²) in [5.74, 6) is -2.66. The van der Waals surface area contributed by atoms with E-state index in [0.29, 0.717) is 25.1 Å². The van der Waals surface area contributed by atoms with Crippen LogP contribution in [0.5, 0.6) is 0 Å². The summed E-state index contributed by atoms with van der Waals surface area (Å²) in [5, 5.41) is 0. The average Bonchev–Trinajstić information content (AvgIpc) is 2.65. The van der Waals surface area contributed by atoms with Gasteiger partial charge < -0.3 is 4.90 Å². The van der Waals surface area contributed by atoms with E-state index < -0.39 is 11.6 Å². The van der Waals surface area contributed by atoms with Crippen LogP contribution in [-0.4, -0.2) is 34.7 Å². The highest BCUT2D eigenvalue weighted by molar-refractivity contribution is 5.96. The number of hydrogen-bond acceptors (Lipinski definition) is 3. The molecule has 25 heavy (non-hydrogen) atoms. The molecule has 0 aliphatic carbocycles. The Morgan fingerprint density at radius 3 is 2.76 bits per heavy atom. The van der Waals surface area contributed by atoms with Gasteiger partial charge in [0.2, 0.25) is 5.91 Å². The van der Waals surface area contributed by atoms with Crippen molar-refractivity contribution in [3.05, 3.63) is 65.5 Å². The number of carbonyl (C=O) groups is 2. The molecule has 0 spiro atoms. The topological polar surface area (TPSA) is 50.3 Å². The van der Waals surface area contributed by atoms with Crippen molar-refractivity contribution in [2.75, 3.05) is 13.1 Å². The molecule has 1 aliphatic heterocycles. The highest BCUT2D eigenvalue weighted by Crippen LogP contribution is 2.21. The molecule has 1 unspecified atom stereocenters. The zero-order valence-corrected chi connectivity index (χ0v) is 13.6. The van der Waals surface area contributed by atoms with Crippen LogP contribution in [0.3, 0.4) is 0 Å². The van der Waals surface area contributed by atoms with Crippen molar-refractivity contribution in [2.24, 2.45) is 5.92 Å². The number of benzene rings is 1. The summed E-state index contributed by atoms with van der Waals surface area (Å²) in [5.41, 5.74) is 0.418. The minimum Gasteiger partial charge on any atom is -0.342 e. The molecule has 2 aromatic rings. The van der Waals surface area contributed by atoms with Gasteiger partial charge in [0, 0.05) is 30.8 Å². The van der Waals surface area contributed by atoms with Crippen LogP contribution in [0.25, 0.3) is 0 Å². The number of halogens is 2. The maximum atomic E-state index is 13.7. The summed E-state index contributed by atoms with van der Waals surface area (Å²) in [4.78, 5) is 30.6. The van der Waals surface area contributed by atoms with Gasteiger partial charge in [0.15, 0.2) is 17.4 Å². The number of likely N-dealkylation sites (tertiary alicyclic amines) is 1. The molecule has 130 valence electrons. The first-order chi connectivity index (χ1) is 12.1. The van der Waals surface area contributed by atoms with Crippen molar-refractivity contribution in [3.63, 3.8) is 0 Å². The number of amides is 1. The lowest BCUT2D eigenvalue weighted by atomic mass is 9.91. The number of nitrogens with zero attached hydrogens (tertiary/aromatic N) is 2. The predicted molar refractivity (Wildman–Crippen MR) is 87.9 cm³/mol. The fourth-order valence-corrected chi connectivity index (χ4v) is 3.10. The van der Waals surface area contributed by atoms with Crippen LogP contribution >= 0.6 is 0 Å². The smallest absolute Gasteiger partial charge is 0.227 e. The van der Waals surface area contributed by atoms with Gasteiger partial charge in [-0.2, -0.15) is 0 Å². The number of hydrogen-bond donors (Lipinski definition) is 0. The zero-order chi connectivity index (χ0) is 17.8. The maximum absolute atomic E-state index is 13.7. The fraction of sp³-hybridized carbons (Fsp3) is 0.316. The SMILES string of the molecule is O=C(c1ccccn1)C1CCCN(C(=O)Cc2cccc(F)c2F)C1. The van der Waals surface area contributed by atoms with Gasteiger partial charge in [-0.3, -0.25) is 14.6 Å². The van der Waals surface area contributed by atoms with Crippen LogP contribution in [0, 0.1) is 17.6 Å². The Labute approximate surface area is 144 Å². The van der Waals surface area contributed by atoms with E-state index in [9.17, 15) is 18.4 Å². The molecule has 0 bridgehead atoms. The second kappa shape index (κ2) is 7.51. The molecule has 1 atom stereocenters. The number of ketones is 1. The third-order valence-electron chi connectivity index (χ3n) is 4.44. The largest absolute Gasteiger partial charge is 0.342 e. The first-order valence-electron chi connectivity index (χ1n) is 8.22. The van der Waals surface area contributed by atoms with Gasteiger partial charge in [0.05, 0.1) is 6.42 Å². The second-order valence-electron chi connectivity index (χ2n) is 6.15. The van der Waals surface area contributed by atoms with Crippen molar-refractivity contribution in [3.8, 4) is 0 Å². The van der Waals surface area contributed by atoms with Crippen molar-refractivity contribution < 1.29 is 18.4 Å². The molecular weight excluding hydrogens is 326 g/mol. The van der Waals surface area contributed by atoms with E-state index in [4.69, 9.17) is 0 Å². The summed E-state index contributed by atoms with van der Waals surface area (Å²) in [6.45, 7) is 0.799. The van der Waals surface area contributed by atoms with Crippen LogP contribution in [0.2, 0.25) is 0 Å². The Morgan fingerprint density at radius 1 is 1.16 bits per heavy atom. The minimum atomic E-state index is -0.992. The molecule has 4 nitrogen and oxygen atoms in total. The maximum Gasteiger partial charge on any atom is 0.227 e. The lowest BCUT2D eigenvalue weighted by molar-refractivity contribution is -0.131. The molecule has 1 aliphatic rings. The Bertz CT molecular complexity index is 780. The number of pyridine rings is 1. The zero-order valence-electron chi connectivity index (χ0n) is 13.6. The van der Waals surface area contributed by atoms with Gasteiger partial charge in [-0.15, -0.1) is 0 Å². The number of carbonyl (C=O) groups excluding carboxylic acids is 2. The normalized spacial score (nSPS) is 17.4. The summed E-state index contributed by atoms with van der Waals surface area (Å²) in [7, 11) is 0. The Kier molecular flexibility index (Phi) is 5.16. The summed E-state index contributed by atoms with van der Waals surface area (Å²) in [6, 6.07) is 8.94. The standard InChI is InChI=1S/C19H18F2N2O2/c20-15-7-3-5-13(18(15)21)11-17(24)23-10-4-6-14(12-23)19(25)16-8-1-2-9-22-16/h1-3,5,7-9,14H,4,6,10-12H2. The highest BCUT2D eigenvalue weighted by atomic mass is 19.2. The first-order valence-corrected chi connectivity index (χ1v) is 8.22. The van der Waals surface area contributed by atoms with Crippen LogP contribution in [-0.2, 0) is 11.2 Å². The molecule has 1 aromatic carbocycles. The molecule has 1 aromatic heterocycles. The molecule has 6 heteroatoms. The van der Waals surface area contributed by atoms with E-state index in [2.05, 4.69) is 4.98 Å². The molecule has 0 radical (unpaired) electrons. The lowest BCUT2D eigenvalue weighted by Gasteiger charge is -2.32. The number of aromatic nitrogens is 1. The Morgan fingerprint density at radius 2 is 2.00 bits per heavy atom. The van der Waals surface area contributed by atoms with Gasteiger partial charge in [-0.05, 0) is 31.0 Å². The molecular formula is C19H18F2N2O2. The van der Waals surface area contributed by atoms with Gasteiger partial charge in [0.1, 0.15) is 5.69 Å². The molecule has 0 N–H and O–H groups in total. The van der Waals surface area contributed by atoms with Crippen molar-refractivity contribution in [1.29, 1.82) is 0 Å².